The standard InChI is InChI=1S/C9H16N4/c1-10-9-12-11-8(13(9)2)6-7-4-3-5-7/h7H,3-6H2,1-2H3,(H,10,12). The zero-order chi connectivity index (χ0) is 9.26. The molecule has 0 saturated heterocycles. The Kier molecular flexibility index (Phi) is 2.20. The molecule has 1 aliphatic rings. The summed E-state index contributed by atoms with van der Waals surface area (Å²) in [5, 5.41) is 11.2. The van der Waals surface area contributed by atoms with Gasteiger partial charge in [-0.25, -0.2) is 0 Å². The van der Waals surface area contributed by atoms with Crippen LogP contribution < -0.4 is 5.32 Å². The van der Waals surface area contributed by atoms with Gasteiger partial charge in [-0.15, -0.1) is 10.2 Å². The molecule has 4 heteroatoms. The van der Waals surface area contributed by atoms with Crippen molar-refractivity contribution in [2.45, 2.75) is 25.7 Å². The summed E-state index contributed by atoms with van der Waals surface area (Å²) in [7, 11) is 3.89. The normalized spacial score (nSPS) is 17.1. The summed E-state index contributed by atoms with van der Waals surface area (Å²) in [4.78, 5) is 0. The number of rotatable bonds is 3. The van der Waals surface area contributed by atoms with Crippen molar-refractivity contribution in [3.63, 3.8) is 0 Å². The van der Waals surface area contributed by atoms with E-state index in [4.69, 9.17) is 0 Å². The number of anilines is 1. The molecular formula is C9H16N4. The molecule has 0 radical (unpaired) electrons. The van der Waals surface area contributed by atoms with E-state index in [9.17, 15) is 0 Å². The van der Waals surface area contributed by atoms with E-state index in [1.807, 2.05) is 18.7 Å². The lowest BCUT2D eigenvalue weighted by Gasteiger charge is -2.24. The van der Waals surface area contributed by atoms with Gasteiger partial charge in [0.25, 0.3) is 0 Å². The average Bonchev–Trinajstić information content (AvgIpc) is 2.40. The first-order chi connectivity index (χ1) is 6.31. The van der Waals surface area contributed by atoms with Gasteiger partial charge in [0.05, 0.1) is 0 Å². The molecule has 1 aromatic rings. The third-order valence-electron chi connectivity index (χ3n) is 2.88. The molecule has 1 fully saturated rings. The first kappa shape index (κ1) is 8.53. The van der Waals surface area contributed by atoms with Crippen LogP contribution in [0.5, 0.6) is 0 Å². The van der Waals surface area contributed by atoms with Crippen LogP contribution >= 0.6 is 0 Å². The molecule has 1 aliphatic carbocycles. The molecule has 0 spiro atoms. The van der Waals surface area contributed by atoms with Gasteiger partial charge in [-0.2, -0.15) is 0 Å². The number of nitrogens with one attached hydrogen (secondary N) is 1. The monoisotopic (exact) mass is 180 g/mol. The molecule has 72 valence electrons. The predicted octanol–water partition coefficient (Wildman–Crippen LogP) is 1.20. The van der Waals surface area contributed by atoms with Crippen LogP contribution in [0.15, 0.2) is 0 Å². The highest BCUT2D eigenvalue weighted by Gasteiger charge is 2.20. The fourth-order valence-electron chi connectivity index (χ4n) is 1.71. The fraction of sp³-hybridized carbons (Fsp3) is 0.778. The molecule has 1 saturated carbocycles. The second-order valence-corrected chi connectivity index (χ2v) is 3.75. The van der Waals surface area contributed by atoms with Gasteiger partial charge in [0, 0.05) is 20.5 Å². The van der Waals surface area contributed by atoms with Crippen molar-refractivity contribution in [1.29, 1.82) is 0 Å². The zero-order valence-corrected chi connectivity index (χ0v) is 8.25. The van der Waals surface area contributed by atoms with Crippen LogP contribution in [0.3, 0.4) is 0 Å². The highest BCUT2D eigenvalue weighted by molar-refractivity contribution is 5.23. The Hall–Kier alpha value is -1.06. The highest BCUT2D eigenvalue weighted by atomic mass is 15.3. The maximum Gasteiger partial charge on any atom is 0.224 e. The fourth-order valence-corrected chi connectivity index (χ4v) is 1.71. The molecule has 13 heavy (non-hydrogen) atoms. The van der Waals surface area contributed by atoms with Crippen molar-refractivity contribution in [3.8, 4) is 0 Å². The predicted molar refractivity (Wildman–Crippen MR) is 51.6 cm³/mol. The van der Waals surface area contributed by atoms with Crippen LogP contribution in [-0.4, -0.2) is 21.8 Å². The molecule has 0 bridgehead atoms. The number of hydrogen-bond donors (Lipinski definition) is 1. The third kappa shape index (κ3) is 1.53. The van der Waals surface area contributed by atoms with Gasteiger partial charge in [0.15, 0.2) is 0 Å². The van der Waals surface area contributed by atoms with Crippen molar-refractivity contribution >= 4 is 5.95 Å². The SMILES string of the molecule is CNc1nnc(CC2CCC2)n1C. The van der Waals surface area contributed by atoms with Crippen molar-refractivity contribution in [2.24, 2.45) is 13.0 Å². The number of nitrogens with zero attached hydrogens (tertiary/aromatic N) is 3. The average molecular weight is 180 g/mol. The zero-order valence-electron chi connectivity index (χ0n) is 8.25. The van der Waals surface area contributed by atoms with Crippen molar-refractivity contribution in [3.05, 3.63) is 5.82 Å². The van der Waals surface area contributed by atoms with Crippen LogP contribution in [0.25, 0.3) is 0 Å². The lowest BCUT2D eigenvalue weighted by molar-refractivity contribution is 0.307. The Morgan fingerprint density at radius 2 is 2.23 bits per heavy atom. The maximum atomic E-state index is 4.16. The number of aromatic nitrogens is 3. The van der Waals surface area contributed by atoms with Gasteiger partial charge in [-0.05, 0) is 5.92 Å². The molecule has 1 aromatic heterocycles. The summed E-state index contributed by atoms with van der Waals surface area (Å²) in [5.41, 5.74) is 0. The Morgan fingerprint density at radius 1 is 1.46 bits per heavy atom. The molecule has 0 aromatic carbocycles. The van der Waals surface area contributed by atoms with Gasteiger partial charge >= 0.3 is 0 Å². The molecule has 4 nitrogen and oxygen atoms in total. The van der Waals surface area contributed by atoms with Crippen LogP contribution in [0, 0.1) is 5.92 Å². The Labute approximate surface area is 78.4 Å². The van der Waals surface area contributed by atoms with E-state index in [0.29, 0.717) is 0 Å². The first-order valence-electron chi connectivity index (χ1n) is 4.87. The van der Waals surface area contributed by atoms with Gasteiger partial charge in [-0.3, -0.25) is 0 Å². The summed E-state index contributed by atoms with van der Waals surface area (Å²) < 4.78 is 2.04. The maximum absolute atomic E-state index is 4.16. The second-order valence-electron chi connectivity index (χ2n) is 3.75. The molecule has 0 unspecified atom stereocenters. The Bertz CT molecular complexity index is 288. The van der Waals surface area contributed by atoms with Gasteiger partial charge in [0.1, 0.15) is 5.82 Å². The molecule has 1 heterocycles. The smallest absolute Gasteiger partial charge is 0.224 e. The van der Waals surface area contributed by atoms with Gasteiger partial charge < -0.3 is 9.88 Å². The van der Waals surface area contributed by atoms with Crippen LogP contribution in [-0.2, 0) is 13.5 Å². The quantitative estimate of drug-likeness (QED) is 0.760. The second kappa shape index (κ2) is 3.36. The Balaban J connectivity index is 2.06. The largest absolute Gasteiger partial charge is 0.357 e. The minimum atomic E-state index is 0.854. The summed E-state index contributed by atoms with van der Waals surface area (Å²) in [6.45, 7) is 0. The minimum Gasteiger partial charge on any atom is -0.357 e. The first-order valence-corrected chi connectivity index (χ1v) is 4.87. The van der Waals surface area contributed by atoms with E-state index in [0.717, 1.165) is 24.1 Å². The van der Waals surface area contributed by atoms with E-state index in [2.05, 4.69) is 15.5 Å². The molecular weight excluding hydrogens is 164 g/mol. The summed E-state index contributed by atoms with van der Waals surface area (Å²) in [6.07, 6.45) is 5.20. The van der Waals surface area contributed by atoms with E-state index in [-0.39, 0.29) is 0 Å². The highest BCUT2D eigenvalue weighted by Crippen LogP contribution is 2.29. The topological polar surface area (TPSA) is 42.7 Å². The number of hydrogen-bond acceptors (Lipinski definition) is 3. The molecule has 1 N–H and O–H groups in total. The van der Waals surface area contributed by atoms with E-state index < -0.39 is 0 Å². The van der Waals surface area contributed by atoms with Crippen LogP contribution in [0.1, 0.15) is 25.1 Å². The van der Waals surface area contributed by atoms with Crippen molar-refractivity contribution in [1.82, 2.24) is 14.8 Å². The van der Waals surface area contributed by atoms with E-state index >= 15 is 0 Å². The van der Waals surface area contributed by atoms with Crippen LogP contribution in [0.4, 0.5) is 5.95 Å². The third-order valence-corrected chi connectivity index (χ3v) is 2.88. The van der Waals surface area contributed by atoms with Gasteiger partial charge in [0.2, 0.25) is 5.95 Å². The molecule has 2 rings (SSSR count). The van der Waals surface area contributed by atoms with Crippen molar-refractivity contribution < 1.29 is 0 Å². The van der Waals surface area contributed by atoms with E-state index in [1.54, 1.807) is 0 Å². The molecule has 0 amide bonds. The summed E-state index contributed by atoms with van der Waals surface area (Å²) in [5.74, 6) is 2.82. The minimum absolute atomic E-state index is 0.854. The molecule has 0 atom stereocenters. The van der Waals surface area contributed by atoms with E-state index in [1.165, 1.54) is 19.3 Å². The lowest BCUT2D eigenvalue weighted by Crippen LogP contribution is -2.16. The summed E-state index contributed by atoms with van der Waals surface area (Å²) >= 11 is 0. The van der Waals surface area contributed by atoms with Crippen LogP contribution in [0.2, 0.25) is 0 Å². The van der Waals surface area contributed by atoms with Crippen molar-refractivity contribution in [2.75, 3.05) is 12.4 Å². The lowest BCUT2D eigenvalue weighted by atomic mass is 9.83. The van der Waals surface area contributed by atoms with Gasteiger partial charge in [-0.1, -0.05) is 19.3 Å². The Morgan fingerprint density at radius 3 is 2.69 bits per heavy atom. The molecule has 0 aliphatic heterocycles. The summed E-state index contributed by atoms with van der Waals surface area (Å²) in [6, 6.07) is 0.